The van der Waals surface area contributed by atoms with E-state index in [0.717, 1.165) is 6.54 Å². The zero-order valence-electron chi connectivity index (χ0n) is 9.86. The molecule has 0 aliphatic carbocycles. The number of nitrogen functional groups attached to an aromatic ring is 1. The van der Waals surface area contributed by atoms with Crippen molar-refractivity contribution in [1.29, 1.82) is 5.26 Å². The molecule has 16 heavy (non-hydrogen) atoms. The van der Waals surface area contributed by atoms with E-state index in [1.54, 1.807) is 6.07 Å². The van der Waals surface area contributed by atoms with Crippen LogP contribution in [0.15, 0.2) is 12.3 Å². The van der Waals surface area contributed by atoms with Gasteiger partial charge in [-0.1, -0.05) is 0 Å². The average molecular weight is 219 g/mol. The van der Waals surface area contributed by atoms with Crippen molar-refractivity contribution in [2.24, 2.45) is 0 Å². The van der Waals surface area contributed by atoms with Crippen LogP contribution in [0.3, 0.4) is 0 Å². The second kappa shape index (κ2) is 5.33. The Hall–Kier alpha value is -1.80. The number of nitrogens with zero attached hydrogens (tertiary/aromatic N) is 3. The fourth-order valence-corrected chi connectivity index (χ4v) is 1.12. The van der Waals surface area contributed by atoms with Crippen molar-refractivity contribution in [2.75, 3.05) is 31.7 Å². The second-order valence-electron chi connectivity index (χ2n) is 3.97. The number of anilines is 2. The van der Waals surface area contributed by atoms with Gasteiger partial charge in [-0.25, -0.2) is 4.98 Å². The molecule has 0 fully saturated rings. The summed E-state index contributed by atoms with van der Waals surface area (Å²) in [6.07, 6.45) is 1.51. The number of hydrogen-bond acceptors (Lipinski definition) is 5. The monoisotopic (exact) mass is 219 g/mol. The van der Waals surface area contributed by atoms with Crippen LogP contribution in [0.25, 0.3) is 0 Å². The largest absolute Gasteiger partial charge is 0.396 e. The van der Waals surface area contributed by atoms with E-state index in [2.05, 4.69) is 22.1 Å². The third-order valence-electron chi connectivity index (χ3n) is 2.49. The minimum Gasteiger partial charge on any atom is -0.396 e. The summed E-state index contributed by atoms with van der Waals surface area (Å²) in [5.74, 6) is 0.632. The smallest absolute Gasteiger partial charge is 0.149 e. The van der Waals surface area contributed by atoms with E-state index < -0.39 is 0 Å². The van der Waals surface area contributed by atoms with E-state index in [4.69, 9.17) is 11.0 Å². The van der Waals surface area contributed by atoms with Gasteiger partial charge in [-0.15, -0.1) is 0 Å². The fraction of sp³-hybridized carbons (Fsp3) is 0.455. The molecule has 86 valence electrons. The summed E-state index contributed by atoms with van der Waals surface area (Å²) in [6, 6.07) is 4.01. The normalized spacial score (nSPS) is 12.2. The Morgan fingerprint density at radius 3 is 2.81 bits per heavy atom. The molecule has 0 aromatic carbocycles. The zero-order valence-corrected chi connectivity index (χ0v) is 9.86. The molecule has 5 heteroatoms. The molecule has 1 aromatic heterocycles. The van der Waals surface area contributed by atoms with Gasteiger partial charge in [-0.05, 0) is 27.1 Å². The van der Waals surface area contributed by atoms with Gasteiger partial charge in [0, 0.05) is 18.8 Å². The quantitative estimate of drug-likeness (QED) is 0.786. The van der Waals surface area contributed by atoms with Gasteiger partial charge >= 0.3 is 0 Å². The van der Waals surface area contributed by atoms with Gasteiger partial charge in [0.05, 0.1) is 11.3 Å². The highest BCUT2D eigenvalue weighted by atomic mass is 15.1. The Labute approximate surface area is 95.9 Å². The molecule has 0 radical (unpaired) electrons. The number of nitrogens with two attached hydrogens (primary N) is 1. The van der Waals surface area contributed by atoms with E-state index in [0.29, 0.717) is 23.1 Å². The first-order valence-electron chi connectivity index (χ1n) is 5.10. The molecule has 5 nitrogen and oxygen atoms in total. The standard InChI is InChI=1S/C11H17N5/c1-8(16(2)3)6-14-11-10(13)4-9(5-12)7-15-11/h4,7-8H,6,13H2,1-3H3,(H,14,15). The molecule has 1 heterocycles. The van der Waals surface area contributed by atoms with Crippen LogP contribution in [-0.2, 0) is 0 Å². The number of hydrogen-bond donors (Lipinski definition) is 2. The number of pyridine rings is 1. The van der Waals surface area contributed by atoms with Crippen molar-refractivity contribution in [2.45, 2.75) is 13.0 Å². The summed E-state index contributed by atoms with van der Waals surface area (Å²) in [4.78, 5) is 6.21. The molecule has 1 rings (SSSR count). The highest BCUT2D eigenvalue weighted by molar-refractivity contribution is 5.63. The third kappa shape index (κ3) is 3.11. The highest BCUT2D eigenvalue weighted by Gasteiger charge is 2.06. The Morgan fingerprint density at radius 2 is 2.31 bits per heavy atom. The second-order valence-corrected chi connectivity index (χ2v) is 3.97. The molecule has 0 aliphatic rings. The Balaban J connectivity index is 2.65. The summed E-state index contributed by atoms with van der Waals surface area (Å²) < 4.78 is 0. The lowest BCUT2D eigenvalue weighted by molar-refractivity contribution is 0.326. The fourth-order valence-electron chi connectivity index (χ4n) is 1.12. The van der Waals surface area contributed by atoms with Crippen LogP contribution >= 0.6 is 0 Å². The van der Waals surface area contributed by atoms with Crippen LogP contribution in [0.2, 0.25) is 0 Å². The molecule has 0 aliphatic heterocycles. The van der Waals surface area contributed by atoms with E-state index in [9.17, 15) is 0 Å². The lowest BCUT2D eigenvalue weighted by atomic mass is 10.2. The van der Waals surface area contributed by atoms with Gasteiger partial charge in [-0.2, -0.15) is 5.26 Å². The molecule has 1 unspecified atom stereocenters. The maximum Gasteiger partial charge on any atom is 0.149 e. The number of rotatable bonds is 4. The van der Waals surface area contributed by atoms with Gasteiger partial charge in [0.2, 0.25) is 0 Å². The van der Waals surface area contributed by atoms with Crippen LogP contribution < -0.4 is 11.1 Å². The third-order valence-corrected chi connectivity index (χ3v) is 2.49. The Bertz CT molecular complexity index is 394. The summed E-state index contributed by atoms with van der Waals surface area (Å²) in [5.41, 5.74) is 6.75. The summed E-state index contributed by atoms with van der Waals surface area (Å²) in [5, 5.41) is 11.8. The molecular formula is C11H17N5. The van der Waals surface area contributed by atoms with Gasteiger partial charge in [0.1, 0.15) is 11.9 Å². The average Bonchev–Trinajstić information content (AvgIpc) is 2.26. The first kappa shape index (κ1) is 12.3. The molecule has 0 bridgehead atoms. The molecule has 1 aromatic rings. The van der Waals surface area contributed by atoms with Crippen LogP contribution in [0.1, 0.15) is 12.5 Å². The predicted molar refractivity (Wildman–Crippen MR) is 65.0 cm³/mol. The maximum atomic E-state index is 8.67. The lowest BCUT2D eigenvalue weighted by Gasteiger charge is -2.20. The van der Waals surface area contributed by atoms with Crippen molar-refractivity contribution >= 4 is 11.5 Å². The first-order valence-corrected chi connectivity index (χ1v) is 5.10. The van der Waals surface area contributed by atoms with Crippen molar-refractivity contribution in [3.63, 3.8) is 0 Å². The van der Waals surface area contributed by atoms with Gasteiger partial charge in [0.15, 0.2) is 0 Å². The molecule has 0 spiro atoms. The van der Waals surface area contributed by atoms with Gasteiger partial charge < -0.3 is 16.0 Å². The summed E-state index contributed by atoms with van der Waals surface area (Å²) >= 11 is 0. The lowest BCUT2D eigenvalue weighted by Crippen LogP contribution is -2.31. The number of nitrogens with one attached hydrogen (secondary N) is 1. The van der Waals surface area contributed by atoms with Crippen molar-refractivity contribution in [1.82, 2.24) is 9.88 Å². The topological polar surface area (TPSA) is 78.0 Å². The van der Waals surface area contributed by atoms with Crippen molar-refractivity contribution < 1.29 is 0 Å². The van der Waals surface area contributed by atoms with Gasteiger partial charge in [-0.3, -0.25) is 0 Å². The van der Waals surface area contributed by atoms with E-state index >= 15 is 0 Å². The molecule has 1 atom stereocenters. The number of likely N-dealkylation sites (N-methyl/N-ethyl adjacent to an activating group) is 1. The molecular weight excluding hydrogens is 202 g/mol. The minimum atomic E-state index is 0.386. The predicted octanol–water partition coefficient (Wildman–Crippen LogP) is 0.897. The van der Waals surface area contributed by atoms with Crippen LogP contribution in [-0.4, -0.2) is 36.6 Å². The Morgan fingerprint density at radius 1 is 1.62 bits per heavy atom. The van der Waals surface area contributed by atoms with E-state index in [1.165, 1.54) is 6.20 Å². The molecule has 0 amide bonds. The highest BCUT2D eigenvalue weighted by Crippen LogP contribution is 2.15. The summed E-state index contributed by atoms with van der Waals surface area (Å²) in [7, 11) is 4.03. The van der Waals surface area contributed by atoms with Crippen molar-refractivity contribution in [3.05, 3.63) is 17.8 Å². The summed E-state index contributed by atoms with van der Waals surface area (Å²) in [6.45, 7) is 2.86. The van der Waals surface area contributed by atoms with E-state index in [1.807, 2.05) is 20.2 Å². The molecule has 0 saturated carbocycles. The molecule has 3 N–H and O–H groups in total. The van der Waals surface area contributed by atoms with Crippen LogP contribution in [0, 0.1) is 11.3 Å². The van der Waals surface area contributed by atoms with Crippen LogP contribution in [0.5, 0.6) is 0 Å². The Kier molecular flexibility index (Phi) is 4.09. The maximum absolute atomic E-state index is 8.67. The number of nitriles is 1. The number of aromatic nitrogens is 1. The van der Waals surface area contributed by atoms with Crippen molar-refractivity contribution in [3.8, 4) is 6.07 Å². The zero-order chi connectivity index (χ0) is 12.1. The minimum absolute atomic E-state index is 0.386. The van der Waals surface area contributed by atoms with Gasteiger partial charge in [0.25, 0.3) is 0 Å². The van der Waals surface area contributed by atoms with Crippen LogP contribution in [0.4, 0.5) is 11.5 Å². The molecule has 0 saturated heterocycles. The first-order chi connectivity index (χ1) is 7.54. The van der Waals surface area contributed by atoms with E-state index in [-0.39, 0.29) is 0 Å². The SMILES string of the molecule is CC(CNc1ncc(C#N)cc1N)N(C)C.